The highest BCUT2D eigenvalue weighted by Gasteiger charge is 2.22. The molecule has 7 heteroatoms. The highest BCUT2D eigenvalue weighted by molar-refractivity contribution is 5.94. The molecule has 2 rings (SSSR count). The van der Waals surface area contributed by atoms with Crippen LogP contribution in [0, 0.1) is 5.82 Å². The molecule has 1 heterocycles. The molecule has 21 heavy (non-hydrogen) atoms. The smallest absolute Gasteiger partial charge is 0.254 e. The molecule has 1 aliphatic heterocycles. The molecule has 4 N–H and O–H groups in total. The quantitative estimate of drug-likeness (QED) is 0.331. The SMILES string of the molecule is NC(CN1CCC(NC(=O)c2ccccc2F)CC1)=NO. The molecule has 1 aliphatic rings. The van der Waals surface area contributed by atoms with Crippen LogP contribution in [0.25, 0.3) is 0 Å². The molecule has 0 radical (unpaired) electrons. The number of halogens is 1. The fourth-order valence-electron chi connectivity index (χ4n) is 2.40. The molecule has 0 aromatic heterocycles. The lowest BCUT2D eigenvalue weighted by Crippen LogP contribution is -2.46. The maximum Gasteiger partial charge on any atom is 0.254 e. The van der Waals surface area contributed by atoms with Crippen molar-refractivity contribution in [2.24, 2.45) is 10.9 Å². The average Bonchev–Trinajstić information content (AvgIpc) is 2.49. The Morgan fingerprint density at radius 3 is 2.71 bits per heavy atom. The number of carbonyl (C=O) groups is 1. The van der Waals surface area contributed by atoms with E-state index in [0.29, 0.717) is 6.54 Å². The number of hydrogen-bond donors (Lipinski definition) is 3. The lowest BCUT2D eigenvalue weighted by Gasteiger charge is -2.31. The number of nitrogens with one attached hydrogen (secondary N) is 1. The first-order valence-electron chi connectivity index (χ1n) is 6.84. The Bertz CT molecular complexity index is 527. The van der Waals surface area contributed by atoms with E-state index in [-0.39, 0.29) is 23.3 Å². The van der Waals surface area contributed by atoms with Gasteiger partial charge in [0.1, 0.15) is 5.82 Å². The van der Waals surface area contributed by atoms with Gasteiger partial charge in [-0.25, -0.2) is 4.39 Å². The van der Waals surface area contributed by atoms with Gasteiger partial charge in [-0.3, -0.25) is 9.69 Å². The Hall–Kier alpha value is -2.15. The van der Waals surface area contributed by atoms with E-state index in [1.807, 2.05) is 4.90 Å². The van der Waals surface area contributed by atoms with Crippen LogP contribution in [0.15, 0.2) is 29.4 Å². The number of amidine groups is 1. The molecule has 1 aromatic carbocycles. The predicted molar refractivity (Wildman–Crippen MR) is 76.7 cm³/mol. The van der Waals surface area contributed by atoms with Gasteiger partial charge in [-0.05, 0) is 25.0 Å². The van der Waals surface area contributed by atoms with Gasteiger partial charge in [0.2, 0.25) is 0 Å². The molecule has 0 aliphatic carbocycles. The average molecular weight is 294 g/mol. The number of rotatable bonds is 4. The lowest BCUT2D eigenvalue weighted by molar-refractivity contribution is 0.0910. The fraction of sp³-hybridized carbons (Fsp3) is 0.429. The van der Waals surface area contributed by atoms with E-state index < -0.39 is 5.82 Å². The zero-order valence-corrected chi connectivity index (χ0v) is 11.6. The van der Waals surface area contributed by atoms with Crippen LogP contribution in [-0.4, -0.2) is 47.5 Å². The molecule has 0 saturated carbocycles. The number of piperidine rings is 1. The van der Waals surface area contributed by atoms with Crippen LogP contribution in [-0.2, 0) is 0 Å². The third-order valence-corrected chi connectivity index (χ3v) is 3.56. The van der Waals surface area contributed by atoms with Gasteiger partial charge in [0.15, 0.2) is 5.84 Å². The van der Waals surface area contributed by atoms with Crippen molar-refractivity contribution < 1.29 is 14.4 Å². The number of hydrogen-bond acceptors (Lipinski definition) is 4. The summed E-state index contributed by atoms with van der Waals surface area (Å²) in [6.07, 6.45) is 1.50. The normalized spacial score (nSPS) is 17.7. The van der Waals surface area contributed by atoms with Gasteiger partial charge in [-0.2, -0.15) is 0 Å². The molecule has 1 aromatic rings. The molecule has 114 valence electrons. The van der Waals surface area contributed by atoms with Gasteiger partial charge in [0.25, 0.3) is 5.91 Å². The lowest BCUT2D eigenvalue weighted by atomic mass is 10.0. The van der Waals surface area contributed by atoms with Gasteiger partial charge in [0, 0.05) is 19.1 Å². The van der Waals surface area contributed by atoms with E-state index in [4.69, 9.17) is 10.9 Å². The number of nitrogens with zero attached hydrogens (tertiary/aromatic N) is 2. The van der Waals surface area contributed by atoms with Crippen molar-refractivity contribution in [2.75, 3.05) is 19.6 Å². The van der Waals surface area contributed by atoms with Crippen molar-refractivity contribution in [2.45, 2.75) is 18.9 Å². The van der Waals surface area contributed by atoms with Crippen molar-refractivity contribution in [3.05, 3.63) is 35.6 Å². The number of carbonyl (C=O) groups excluding carboxylic acids is 1. The van der Waals surface area contributed by atoms with E-state index >= 15 is 0 Å². The second kappa shape index (κ2) is 7.03. The van der Waals surface area contributed by atoms with Gasteiger partial charge >= 0.3 is 0 Å². The van der Waals surface area contributed by atoms with Crippen LogP contribution < -0.4 is 11.1 Å². The van der Waals surface area contributed by atoms with Crippen molar-refractivity contribution in [3.63, 3.8) is 0 Å². The Morgan fingerprint density at radius 1 is 1.43 bits per heavy atom. The summed E-state index contributed by atoms with van der Waals surface area (Å²) in [5, 5.41) is 14.3. The number of oxime groups is 1. The first-order valence-corrected chi connectivity index (χ1v) is 6.84. The minimum atomic E-state index is -0.514. The van der Waals surface area contributed by atoms with E-state index in [0.717, 1.165) is 25.9 Å². The summed E-state index contributed by atoms with van der Waals surface area (Å²) in [6, 6.07) is 5.95. The minimum absolute atomic E-state index is 0.0145. The summed E-state index contributed by atoms with van der Waals surface area (Å²) in [4.78, 5) is 14.0. The Morgan fingerprint density at radius 2 is 2.10 bits per heavy atom. The molecule has 6 nitrogen and oxygen atoms in total. The number of benzene rings is 1. The molecule has 0 bridgehead atoms. The summed E-state index contributed by atoms with van der Waals surface area (Å²) >= 11 is 0. The highest BCUT2D eigenvalue weighted by Crippen LogP contribution is 2.12. The molecule has 0 spiro atoms. The van der Waals surface area contributed by atoms with E-state index in [1.165, 1.54) is 12.1 Å². The molecule has 0 atom stereocenters. The maximum absolute atomic E-state index is 13.5. The standard InChI is InChI=1S/C14H19FN4O2/c15-12-4-2-1-3-11(12)14(20)17-10-5-7-19(8-6-10)9-13(16)18-21/h1-4,10,21H,5-9H2,(H2,16,18)(H,17,20). The molecule has 0 unspecified atom stereocenters. The number of likely N-dealkylation sites (tertiary alicyclic amines) is 1. The highest BCUT2D eigenvalue weighted by atomic mass is 19.1. The number of amides is 1. The van der Waals surface area contributed by atoms with Gasteiger partial charge in [0.05, 0.1) is 12.1 Å². The monoisotopic (exact) mass is 294 g/mol. The molecular formula is C14H19FN4O2. The third kappa shape index (κ3) is 4.16. The van der Waals surface area contributed by atoms with Crippen LogP contribution in [0.3, 0.4) is 0 Å². The van der Waals surface area contributed by atoms with Crippen molar-refractivity contribution in [3.8, 4) is 0 Å². The maximum atomic E-state index is 13.5. The Labute approximate surface area is 122 Å². The molecule has 1 amide bonds. The van der Waals surface area contributed by atoms with Gasteiger partial charge in [-0.15, -0.1) is 0 Å². The zero-order valence-electron chi connectivity index (χ0n) is 11.6. The van der Waals surface area contributed by atoms with Gasteiger partial charge < -0.3 is 16.3 Å². The van der Waals surface area contributed by atoms with Crippen molar-refractivity contribution >= 4 is 11.7 Å². The fourth-order valence-corrected chi connectivity index (χ4v) is 2.40. The zero-order chi connectivity index (χ0) is 15.2. The second-order valence-corrected chi connectivity index (χ2v) is 5.10. The Balaban J connectivity index is 1.84. The largest absolute Gasteiger partial charge is 0.409 e. The summed E-state index contributed by atoms with van der Waals surface area (Å²) in [6.45, 7) is 1.88. The summed E-state index contributed by atoms with van der Waals surface area (Å²) in [5.41, 5.74) is 5.53. The predicted octanol–water partition coefficient (Wildman–Crippen LogP) is 0.766. The van der Waals surface area contributed by atoms with Gasteiger partial charge in [-0.1, -0.05) is 17.3 Å². The van der Waals surface area contributed by atoms with Crippen LogP contribution in [0.2, 0.25) is 0 Å². The minimum Gasteiger partial charge on any atom is -0.409 e. The van der Waals surface area contributed by atoms with Crippen molar-refractivity contribution in [1.82, 2.24) is 10.2 Å². The molecular weight excluding hydrogens is 275 g/mol. The summed E-state index contributed by atoms with van der Waals surface area (Å²) in [7, 11) is 0. The first-order chi connectivity index (χ1) is 10.1. The molecule has 1 saturated heterocycles. The second-order valence-electron chi connectivity index (χ2n) is 5.10. The molecule has 1 fully saturated rings. The summed E-state index contributed by atoms with van der Waals surface area (Å²) in [5.74, 6) is -0.730. The van der Waals surface area contributed by atoms with Crippen LogP contribution in [0.1, 0.15) is 23.2 Å². The topological polar surface area (TPSA) is 91.0 Å². The number of nitrogens with two attached hydrogens (primary N) is 1. The van der Waals surface area contributed by atoms with Crippen LogP contribution in [0.4, 0.5) is 4.39 Å². The van der Waals surface area contributed by atoms with Crippen LogP contribution in [0.5, 0.6) is 0 Å². The van der Waals surface area contributed by atoms with Crippen LogP contribution >= 0.6 is 0 Å². The van der Waals surface area contributed by atoms with E-state index in [2.05, 4.69) is 10.5 Å². The van der Waals surface area contributed by atoms with E-state index in [9.17, 15) is 9.18 Å². The Kier molecular flexibility index (Phi) is 5.10. The van der Waals surface area contributed by atoms with E-state index in [1.54, 1.807) is 12.1 Å². The summed E-state index contributed by atoms with van der Waals surface area (Å²) < 4.78 is 13.5. The third-order valence-electron chi connectivity index (χ3n) is 3.56. The first kappa shape index (κ1) is 15.2. The van der Waals surface area contributed by atoms with Crippen molar-refractivity contribution in [1.29, 1.82) is 0 Å².